The minimum atomic E-state index is 0.221. The summed E-state index contributed by atoms with van der Waals surface area (Å²) in [7, 11) is 0. The highest BCUT2D eigenvalue weighted by atomic mass is 32.1. The molecule has 7 heteroatoms. The second-order valence-corrected chi connectivity index (χ2v) is 5.49. The van der Waals surface area contributed by atoms with Gasteiger partial charge in [-0.15, -0.1) is 16.4 Å². The summed E-state index contributed by atoms with van der Waals surface area (Å²) in [6.45, 7) is 2.12. The Labute approximate surface area is 100 Å². The zero-order chi connectivity index (χ0) is 10.7. The molecule has 0 aliphatic rings. The van der Waals surface area contributed by atoms with Crippen molar-refractivity contribution in [2.75, 3.05) is 5.32 Å². The maximum Gasteiger partial charge on any atom is 0.204 e. The van der Waals surface area contributed by atoms with Crippen molar-refractivity contribution in [1.82, 2.24) is 15.2 Å². The van der Waals surface area contributed by atoms with Gasteiger partial charge < -0.3 is 5.32 Å². The summed E-state index contributed by atoms with van der Waals surface area (Å²) in [5.41, 5.74) is 0. The third-order valence-electron chi connectivity index (χ3n) is 1.89. The lowest BCUT2D eigenvalue weighted by atomic mass is 10.2. The number of rotatable bonds is 4. The number of aromatic amines is 1. The normalized spacial score (nSPS) is 12.6. The van der Waals surface area contributed by atoms with E-state index in [4.69, 9.17) is 12.2 Å². The fourth-order valence-corrected chi connectivity index (χ4v) is 2.80. The first-order valence-corrected chi connectivity index (χ1v) is 6.61. The minimum absolute atomic E-state index is 0.221. The van der Waals surface area contributed by atoms with Gasteiger partial charge in [-0.1, -0.05) is 18.3 Å². The summed E-state index contributed by atoms with van der Waals surface area (Å²) < 4.78 is 0.687. The SMILES string of the molecule is CCC(Nc1n[nH]c(=S)s1)c1nccs1. The molecule has 0 saturated heterocycles. The number of anilines is 1. The topological polar surface area (TPSA) is 53.6 Å². The summed E-state index contributed by atoms with van der Waals surface area (Å²) in [6.07, 6.45) is 2.79. The molecule has 80 valence electrons. The van der Waals surface area contributed by atoms with E-state index in [2.05, 4.69) is 27.4 Å². The number of hydrogen-bond acceptors (Lipinski definition) is 6. The zero-order valence-corrected chi connectivity index (χ0v) is 10.5. The molecule has 2 aromatic heterocycles. The van der Waals surface area contributed by atoms with Crippen LogP contribution < -0.4 is 5.32 Å². The molecular weight excluding hydrogens is 248 g/mol. The van der Waals surface area contributed by atoms with Crippen LogP contribution in [0, 0.1) is 3.95 Å². The van der Waals surface area contributed by atoms with E-state index >= 15 is 0 Å². The van der Waals surface area contributed by atoms with E-state index in [9.17, 15) is 0 Å². The maximum absolute atomic E-state index is 4.97. The summed E-state index contributed by atoms with van der Waals surface area (Å²) in [6, 6.07) is 0.221. The van der Waals surface area contributed by atoms with Crippen molar-refractivity contribution in [3.63, 3.8) is 0 Å². The molecule has 2 aromatic rings. The van der Waals surface area contributed by atoms with Crippen LogP contribution in [-0.2, 0) is 0 Å². The van der Waals surface area contributed by atoms with Gasteiger partial charge in [0.05, 0.1) is 6.04 Å². The van der Waals surface area contributed by atoms with Crippen LogP contribution >= 0.6 is 34.9 Å². The fraction of sp³-hybridized carbons (Fsp3) is 0.375. The summed E-state index contributed by atoms with van der Waals surface area (Å²) in [4.78, 5) is 4.29. The highest BCUT2D eigenvalue weighted by Gasteiger charge is 2.12. The van der Waals surface area contributed by atoms with Crippen molar-refractivity contribution in [3.8, 4) is 0 Å². The molecule has 0 aromatic carbocycles. The van der Waals surface area contributed by atoms with Gasteiger partial charge in [0.1, 0.15) is 5.01 Å². The third kappa shape index (κ3) is 2.61. The standard InChI is InChI=1S/C8H10N4S3/c1-2-5(6-9-3-4-14-6)10-7-11-12-8(13)15-7/h3-5H,2H2,1H3,(H,10,11)(H,12,13). The molecule has 0 saturated carbocycles. The summed E-state index contributed by atoms with van der Waals surface area (Å²) in [5, 5.41) is 14.0. The van der Waals surface area contributed by atoms with Crippen molar-refractivity contribution >= 4 is 40.0 Å². The van der Waals surface area contributed by atoms with Crippen molar-refractivity contribution in [3.05, 3.63) is 20.5 Å². The van der Waals surface area contributed by atoms with Crippen LogP contribution in [0.5, 0.6) is 0 Å². The van der Waals surface area contributed by atoms with Gasteiger partial charge >= 0.3 is 0 Å². The summed E-state index contributed by atoms with van der Waals surface area (Å²) in [5.74, 6) is 0. The predicted octanol–water partition coefficient (Wildman–Crippen LogP) is 3.22. The molecule has 0 bridgehead atoms. The maximum atomic E-state index is 4.97. The number of thiazole rings is 1. The van der Waals surface area contributed by atoms with E-state index in [1.807, 2.05) is 11.6 Å². The lowest BCUT2D eigenvalue weighted by Crippen LogP contribution is -2.08. The molecule has 4 nitrogen and oxygen atoms in total. The molecule has 2 rings (SSSR count). The van der Waals surface area contributed by atoms with E-state index in [0.717, 1.165) is 16.6 Å². The lowest BCUT2D eigenvalue weighted by Gasteiger charge is -2.12. The first-order chi connectivity index (χ1) is 7.29. The number of hydrogen-bond donors (Lipinski definition) is 2. The molecule has 0 aliphatic heterocycles. The number of nitrogens with one attached hydrogen (secondary N) is 2. The Bertz CT molecular complexity index is 458. The number of H-pyrrole nitrogens is 1. The molecule has 1 atom stereocenters. The van der Waals surface area contributed by atoms with Gasteiger partial charge in [-0.3, -0.25) is 5.10 Å². The van der Waals surface area contributed by atoms with Crippen LogP contribution in [0.1, 0.15) is 24.4 Å². The average molecular weight is 258 g/mol. The van der Waals surface area contributed by atoms with Gasteiger partial charge in [0.25, 0.3) is 0 Å². The average Bonchev–Trinajstić information content (AvgIpc) is 2.85. The Morgan fingerprint density at radius 3 is 3.07 bits per heavy atom. The largest absolute Gasteiger partial charge is 0.351 e. The van der Waals surface area contributed by atoms with E-state index in [0.29, 0.717) is 3.95 Å². The van der Waals surface area contributed by atoms with Crippen LogP contribution in [0.25, 0.3) is 0 Å². The van der Waals surface area contributed by atoms with Gasteiger partial charge in [0, 0.05) is 11.6 Å². The highest BCUT2D eigenvalue weighted by molar-refractivity contribution is 7.73. The Hall–Kier alpha value is -0.790. The molecule has 1 unspecified atom stereocenters. The Balaban J connectivity index is 2.12. The van der Waals surface area contributed by atoms with Gasteiger partial charge in [0.2, 0.25) is 5.13 Å². The monoisotopic (exact) mass is 258 g/mol. The molecule has 0 spiro atoms. The predicted molar refractivity (Wildman–Crippen MR) is 66.1 cm³/mol. The first-order valence-electron chi connectivity index (χ1n) is 4.51. The van der Waals surface area contributed by atoms with Crippen molar-refractivity contribution in [2.24, 2.45) is 0 Å². The minimum Gasteiger partial charge on any atom is -0.351 e. The van der Waals surface area contributed by atoms with Crippen molar-refractivity contribution < 1.29 is 0 Å². The second kappa shape index (κ2) is 4.82. The zero-order valence-electron chi connectivity index (χ0n) is 8.06. The quantitative estimate of drug-likeness (QED) is 0.827. The lowest BCUT2D eigenvalue weighted by molar-refractivity contribution is 0.738. The van der Waals surface area contributed by atoms with Gasteiger partial charge in [-0.05, 0) is 18.6 Å². The molecule has 15 heavy (non-hydrogen) atoms. The van der Waals surface area contributed by atoms with Crippen LogP contribution in [0.15, 0.2) is 11.6 Å². The van der Waals surface area contributed by atoms with Gasteiger partial charge in [-0.25, -0.2) is 4.98 Å². The van der Waals surface area contributed by atoms with Crippen molar-refractivity contribution in [1.29, 1.82) is 0 Å². The molecule has 0 amide bonds. The second-order valence-electron chi connectivity index (χ2n) is 2.89. The molecule has 2 heterocycles. The molecule has 0 fully saturated rings. The van der Waals surface area contributed by atoms with E-state index in [1.165, 1.54) is 11.3 Å². The first kappa shape index (κ1) is 10.7. The molecule has 0 radical (unpaired) electrons. The third-order valence-corrected chi connectivity index (χ3v) is 3.80. The van der Waals surface area contributed by atoms with Crippen LogP contribution in [0.4, 0.5) is 5.13 Å². The molecule has 0 aliphatic carbocycles. The van der Waals surface area contributed by atoms with Crippen LogP contribution in [-0.4, -0.2) is 15.2 Å². The van der Waals surface area contributed by atoms with Crippen LogP contribution in [0.2, 0.25) is 0 Å². The highest BCUT2D eigenvalue weighted by Crippen LogP contribution is 2.24. The van der Waals surface area contributed by atoms with Gasteiger partial charge in [-0.2, -0.15) is 0 Å². The fourth-order valence-electron chi connectivity index (χ4n) is 1.19. The molecular formula is C8H10N4S3. The number of aromatic nitrogens is 3. The molecule has 2 N–H and O–H groups in total. The Morgan fingerprint density at radius 1 is 1.67 bits per heavy atom. The number of nitrogens with zero attached hydrogens (tertiary/aromatic N) is 2. The van der Waals surface area contributed by atoms with Crippen molar-refractivity contribution in [2.45, 2.75) is 19.4 Å². The van der Waals surface area contributed by atoms with Crippen LogP contribution in [0.3, 0.4) is 0 Å². The Morgan fingerprint density at radius 2 is 2.53 bits per heavy atom. The van der Waals surface area contributed by atoms with Gasteiger partial charge in [0.15, 0.2) is 3.95 Å². The van der Waals surface area contributed by atoms with E-state index in [1.54, 1.807) is 11.3 Å². The van der Waals surface area contributed by atoms with E-state index < -0.39 is 0 Å². The smallest absolute Gasteiger partial charge is 0.204 e. The Kier molecular flexibility index (Phi) is 3.45. The van der Waals surface area contributed by atoms with E-state index in [-0.39, 0.29) is 6.04 Å². The summed E-state index contributed by atoms with van der Waals surface area (Å²) >= 11 is 8.06.